The molecule has 0 aliphatic carbocycles. The minimum absolute atomic E-state index is 0.0682. The molecule has 0 spiro atoms. The van der Waals surface area contributed by atoms with Crippen LogP contribution in [0.25, 0.3) is 0 Å². The molecule has 2 fully saturated rings. The third-order valence-corrected chi connectivity index (χ3v) is 4.72. The van der Waals surface area contributed by atoms with Crippen molar-refractivity contribution >= 4 is 0 Å². The van der Waals surface area contributed by atoms with E-state index in [-0.39, 0.29) is 5.72 Å². The van der Waals surface area contributed by atoms with Crippen LogP contribution in [0, 0.1) is 5.92 Å². The Balaban J connectivity index is 0.00000106. The van der Waals surface area contributed by atoms with Crippen LogP contribution >= 0.6 is 0 Å². The van der Waals surface area contributed by atoms with Crippen molar-refractivity contribution in [3.8, 4) is 0 Å². The van der Waals surface area contributed by atoms with Gasteiger partial charge in [0.05, 0.1) is 19.8 Å². The highest BCUT2D eigenvalue weighted by Gasteiger charge is 2.44. The Labute approximate surface area is 132 Å². The maximum atomic E-state index is 6.05. The standard InChI is InChI=1S/C16H31NO2.C2H6/c1-3-6-15(7-4-2)8-5-9-16-14-18-12-10-17(16)11-13-19-16;1-2/h15H,3-14H2,1-2H3;1-2H3. The normalized spacial score (nSPS) is 25.6. The van der Waals surface area contributed by atoms with Crippen LogP contribution in [0.2, 0.25) is 0 Å². The van der Waals surface area contributed by atoms with Crippen molar-refractivity contribution in [2.24, 2.45) is 5.92 Å². The van der Waals surface area contributed by atoms with Crippen LogP contribution in [-0.4, -0.2) is 43.5 Å². The van der Waals surface area contributed by atoms with Gasteiger partial charge in [-0.05, 0) is 18.8 Å². The predicted octanol–water partition coefficient (Wildman–Crippen LogP) is 4.46. The molecular weight excluding hydrogens is 262 g/mol. The van der Waals surface area contributed by atoms with Crippen molar-refractivity contribution in [1.29, 1.82) is 0 Å². The summed E-state index contributed by atoms with van der Waals surface area (Å²) in [6.45, 7) is 13.3. The van der Waals surface area contributed by atoms with Gasteiger partial charge in [-0.2, -0.15) is 0 Å². The first-order valence-corrected chi connectivity index (χ1v) is 9.27. The number of nitrogens with zero attached hydrogens (tertiary/aromatic N) is 1. The van der Waals surface area contributed by atoms with Crippen molar-refractivity contribution in [3.05, 3.63) is 0 Å². The highest BCUT2D eigenvalue weighted by atomic mass is 16.6. The summed E-state index contributed by atoms with van der Waals surface area (Å²) >= 11 is 0. The number of morpholine rings is 1. The predicted molar refractivity (Wildman–Crippen MR) is 89.6 cm³/mol. The first kappa shape index (κ1) is 18.9. The van der Waals surface area contributed by atoms with E-state index in [0.717, 1.165) is 45.2 Å². The summed E-state index contributed by atoms with van der Waals surface area (Å²) in [5, 5.41) is 0. The second-order valence-corrected chi connectivity index (χ2v) is 6.17. The molecule has 0 amide bonds. The Morgan fingerprint density at radius 3 is 2.33 bits per heavy atom. The number of ether oxygens (including phenoxy) is 2. The molecule has 0 radical (unpaired) electrons. The summed E-state index contributed by atoms with van der Waals surface area (Å²) in [6.07, 6.45) is 9.22. The van der Waals surface area contributed by atoms with Crippen LogP contribution in [0.15, 0.2) is 0 Å². The summed E-state index contributed by atoms with van der Waals surface area (Å²) in [7, 11) is 0. The Morgan fingerprint density at radius 2 is 1.67 bits per heavy atom. The van der Waals surface area contributed by atoms with Gasteiger partial charge < -0.3 is 9.47 Å². The summed E-state index contributed by atoms with van der Waals surface area (Å²) in [5.74, 6) is 0.922. The van der Waals surface area contributed by atoms with Crippen molar-refractivity contribution in [2.45, 2.75) is 78.4 Å². The van der Waals surface area contributed by atoms with E-state index in [1.54, 1.807) is 0 Å². The van der Waals surface area contributed by atoms with Gasteiger partial charge in [0, 0.05) is 13.1 Å². The third-order valence-electron chi connectivity index (χ3n) is 4.72. The van der Waals surface area contributed by atoms with E-state index in [0.29, 0.717) is 0 Å². The first-order chi connectivity index (χ1) is 10.3. The molecule has 2 aliphatic heterocycles. The van der Waals surface area contributed by atoms with Gasteiger partial charge in [0.1, 0.15) is 5.72 Å². The zero-order valence-electron chi connectivity index (χ0n) is 14.8. The molecule has 0 N–H and O–H groups in total. The second kappa shape index (κ2) is 10.6. The molecule has 2 rings (SSSR count). The Kier molecular flexibility index (Phi) is 9.54. The van der Waals surface area contributed by atoms with E-state index in [1.807, 2.05) is 13.8 Å². The van der Waals surface area contributed by atoms with Crippen molar-refractivity contribution in [2.75, 3.05) is 32.9 Å². The molecule has 0 aromatic rings. The van der Waals surface area contributed by atoms with E-state index in [1.165, 1.54) is 38.5 Å². The first-order valence-electron chi connectivity index (χ1n) is 9.27. The molecule has 0 bridgehead atoms. The van der Waals surface area contributed by atoms with E-state index >= 15 is 0 Å². The molecule has 3 heteroatoms. The lowest BCUT2D eigenvalue weighted by atomic mass is 9.91. The minimum Gasteiger partial charge on any atom is -0.376 e. The molecule has 2 aliphatic rings. The topological polar surface area (TPSA) is 21.7 Å². The number of rotatable bonds is 8. The zero-order valence-corrected chi connectivity index (χ0v) is 14.8. The Bertz CT molecular complexity index is 254. The molecule has 1 unspecified atom stereocenters. The average Bonchev–Trinajstić information content (AvgIpc) is 2.93. The lowest BCUT2D eigenvalue weighted by Crippen LogP contribution is -2.53. The van der Waals surface area contributed by atoms with Gasteiger partial charge in [-0.3, -0.25) is 4.90 Å². The van der Waals surface area contributed by atoms with Crippen LogP contribution in [0.5, 0.6) is 0 Å². The fourth-order valence-corrected chi connectivity index (χ4v) is 3.71. The van der Waals surface area contributed by atoms with E-state index < -0.39 is 0 Å². The monoisotopic (exact) mass is 299 g/mol. The van der Waals surface area contributed by atoms with E-state index in [4.69, 9.17) is 9.47 Å². The minimum atomic E-state index is -0.0682. The fraction of sp³-hybridized carbons (Fsp3) is 1.00. The maximum absolute atomic E-state index is 6.05. The van der Waals surface area contributed by atoms with Gasteiger partial charge in [0.2, 0.25) is 0 Å². The molecule has 3 nitrogen and oxygen atoms in total. The van der Waals surface area contributed by atoms with Crippen LogP contribution < -0.4 is 0 Å². The van der Waals surface area contributed by atoms with Gasteiger partial charge in [-0.15, -0.1) is 0 Å². The fourth-order valence-electron chi connectivity index (χ4n) is 3.71. The van der Waals surface area contributed by atoms with Crippen LogP contribution in [-0.2, 0) is 9.47 Å². The summed E-state index contributed by atoms with van der Waals surface area (Å²) in [6, 6.07) is 0. The summed E-state index contributed by atoms with van der Waals surface area (Å²) in [5.41, 5.74) is -0.0682. The van der Waals surface area contributed by atoms with Crippen LogP contribution in [0.4, 0.5) is 0 Å². The molecular formula is C18H37NO2. The Hall–Kier alpha value is -0.120. The van der Waals surface area contributed by atoms with Gasteiger partial charge in [-0.25, -0.2) is 0 Å². The van der Waals surface area contributed by atoms with Crippen LogP contribution in [0.1, 0.15) is 72.6 Å². The third kappa shape index (κ3) is 5.54. The van der Waals surface area contributed by atoms with Crippen molar-refractivity contribution in [3.63, 3.8) is 0 Å². The molecule has 0 saturated carbocycles. The average molecular weight is 299 g/mol. The van der Waals surface area contributed by atoms with Gasteiger partial charge >= 0.3 is 0 Å². The molecule has 21 heavy (non-hydrogen) atoms. The lowest BCUT2D eigenvalue weighted by Gasteiger charge is -2.40. The lowest BCUT2D eigenvalue weighted by molar-refractivity contribution is -0.170. The Morgan fingerprint density at radius 1 is 1.00 bits per heavy atom. The molecule has 2 saturated heterocycles. The molecule has 0 aromatic carbocycles. The van der Waals surface area contributed by atoms with Gasteiger partial charge in [0.25, 0.3) is 0 Å². The second-order valence-electron chi connectivity index (χ2n) is 6.17. The van der Waals surface area contributed by atoms with Crippen LogP contribution in [0.3, 0.4) is 0 Å². The van der Waals surface area contributed by atoms with E-state index in [2.05, 4.69) is 18.7 Å². The van der Waals surface area contributed by atoms with Gasteiger partial charge in [-0.1, -0.05) is 59.8 Å². The highest BCUT2D eigenvalue weighted by molar-refractivity contribution is 4.89. The SMILES string of the molecule is CC.CCCC(CCC)CCCC12COCCN1CCO2. The zero-order chi connectivity index (χ0) is 15.6. The number of hydrogen-bond acceptors (Lipinski definition) is 3. The maximum Gasteiger partial charge on any atom is 0.145 e. The quantitative estimate of drug-likeness (QED) is 0.660. The smallest absolute Gasteiger partial charge is 0.145 e. The molecule has 1 atom stereocenters. The largest absolute Gasteiger partial charge is 0.376 e. The number of hydrogen-bond donors (Lipinski definition) is 0. The molecule has 0 aromatic heterocycles. The molecule has 126 valence electrons. The van der Waals surface area contributed by atoms with Crippen molar-refractivity contribution in [1.82, 2.24) is 4.90 Å². The van der Waals surface area contributed by atoms with Gasteiger partial charge in [0.15, 0.2) is 0 Å². The summed E-state index contributed by atoms with van der Waals surface area (Å²) < 4.78 is 11.7. The number of fused-ring (bicyclic) bond motifs is 1. The van der Waals surface area contributed by atoms with Crippen molar-refractivity contribution < 1.29 is 9.47 Å². The highest BCUT2D eigenvalue weighted by Crippen LogP contribution is 2.33. The van der Waals surface area contributed by atoms with E-state index in [9.17, 15) is 0 Å². The summed E-state index contributed by atoms with van der Waals surface area (Å²) in [4.78, 5) is 2.51. The molecule has 2 heterocycles.